The molecule has 0 radical (unpaired) electrons. The zero-order valence-electron chi connectivity index (χ0n) is 14.5. The van der Waals surface area contributed by atoms with Gasteiger partial charge in [-0.25, -0.2) is 4.99 Å². The van der Waals surface area contributed by atoms with Crippen molar-refractivity contribution in [3.63, 3.8) is 0 Å². The zero-order chi connectivity index (χ0) is 18.8. The summed E-state index contributed by atoms with van der Waals surface area (Å²) in [6.07, 6.45) is 0. The molecule has 0 aromatic heterocycles. The molecule has 0 fully saturated rings. The average Bonchev–Trinajstić information content (AvgIpc) is 3.13. The van der Waals surface area contributed by atoms with Gasteiger partial charge in [0.05, 0.1) is 17.1 Å². The van der Waals surface area contributed by atoms with Crippen LogP contribution in [0.15, 0.2) is 41.4 Å². The van der Waals surface area contributed by atoms with Gasteiger partial charge in [-0.2, -0.15) is 0 Å². The molecule has 2 aliphatic heterocycles. The van der Waals surface area contributed by atoms with Gasteiger partial charge in [0.15, 0.2) is 17.3 Å². The van der Waals surface area contributed by atoms with Crippen molar-refractivity contribution in [2.24, 2.45) is 4.99 Å². The highest BCUT2D eigenvalue weighted by atomic mass is 32.2. The number of benzene rings is 2. The van der Waals surface area contributed by atoms with E-state index >= 15 is 0 Å². The molecule has 0 unspecified atom stereocenters. The second-order valence-corrected chi connectivity index (χ2v) is 8.13. The molecule has 6 nitrogen and oxygen atoms in total. The summed E-state index contributed by atoms with van der Waals surface area (Å²) in [5.74, 6) is 1.73. The number of nitrogens with zero attached hydrogens (tertiary/aromatic N) is 1. The molecule has 27 heavy (non-hydrogen) atoms. The van der Waals surface area contributed by atoms with Crippen molar-refractivity contribution in [2.45, 2.75) is 12.7 Å². The van der Waals surface area contributed by atoms with Crippen molar-refractivity contribution in [3.8, 4) is 11.5 Å². The molecule has 0 saturated heterocycles. The number of anilines is 1. The van der Waals surface area contributed by atoms with Gasteiger partial charge < -0.3 is 14.8 Å². The van der Waals surface area contributed by atoms with Gasteiger partial charge in [-0.3, -0.25) is 9.59 Å². The molecule has 1 N–H and O–H groups in total. The quantitative estimate of drug-likeness (QED) is 0.774. The summed E-state index contributed by atoms with van der Waals surface area (Å²) in [4.78, 5) is 28.9. The fourth-order valence-corrected chi connectivity index (χ4v) is 4.60. The molecule has 4 rings (SSSR count). The fourth-order valence-electron chi connectivity index (χ4n) is 2.74. The molecular weight excluding hydrogens is 384 g/mol. The molecule has 138 valence electrons. The Morgan fingerprint density at radius 3 is 2.81 bits per heavy atom. The molecule has 0 atom stereocenters. The number of ether oxygens (including phenoxy) is 2. The minimum Gasteiger partial charge on any atom is -0.454 e. The lowest BCUT2D eigenvalue weighted by Gasteiger charge is -2.14. The highest BCUT2D eigenvalue weighted by Gasteiger charge is 2.21. The van der Waals surface area contributed by atoms with Crippen LogP contribution in [0.1, 0.15) is 22.8 Å². The van der Waals surface area contributed by atoms with Crippen LogP contribution in [-0.2, 0) is 10.5 Å². The topological polar surface area (TPSA) is 77.0 Å². The van der Waals surface area contributed by atoms with E-state index in [1.54, 1.807) is 23.9 Å². The van der Waals surface area contributed by atoms with Gasteiger partial charge in [0.1, 0.15) is 4.38 Å². The summed E-state index contributed by atoms with van der Waals surface area (Å²) in [6, 6.07) is 11.2. The van der Waals surface area contributed by atoms with Crippen LogP contribution in [0, 0.1) is 0 Å². The van der Waals surface area contributed by atoms with Gasteiger partial charge in [0.25, 0.3) is 0 Å². The lowest BCUT2D eigenvalue weighted by Crippen LogP contribution is -2.17. The van der Waals surface area contributed by atoms with Gasteiger partial charge in [-0.1, -0.05) is 41.7 Å². The number of fused-ring (bicyclic) bond motifs is 2. The Morgan fingerprint density at radius 1 is 1.22 bits per heavy atom. The number of nitrogens with one attached hydrogen (secondary N) is 1. The van der Waals surface area contributed by atoms with Crippen LogP contribution >= 0.6 is 23.5 Å². The molecular formula is C19H16N2O4S2. The molecule has 2 aromatic rings. The third kappa shape index (κ3) is 3.96. The number of aliphatic imine (C=N–C) groups is 1. The fraction of sp³-hybridized carbons (Fsp3) is 0.211. The van der Waals surface area contributed by atoms with Crippen LogP contribution in [0.3, 0.4) is 0 Å². The van der Waals surface area contributed by atoms with E-state index in [-0.39, 0.29) is 24.2 Å². The monoisotopic (exact) mass is 400 g/mol. The number of carbonyl (C=O) groups excluding carboxylic acids is 2. The van der Waals surface area contributed by atoms with E-state index < -0.39 is 0 Å². The van der Waals surface area contributed by atoms with Crippen LogP contribution in [0.4, 0.5) is 11.4 Å². The SMILES string of the molecule is CC(=O)c1cc2c(cc1NC(=O)CSC1=Nc3ccccc3CS1)OCO2. The van der Waals surface area contributed by atoms with E-state index in [2.05, 4.69) is 16.4 Å². The highest BCUT2D eigenvalue weighted by Crippen LogP contribution is 2.38. The van der Waals surface area contributed by atoms with Gasteiger partial charge in [-0.05, 0) is 24.6 Å². The normalized spacial score (nSPS) is 14.3. The minimum atomic E-state index is -0.205. The van der Waals surface area contributed by atoms with E-state index in [9.17, 15) is 9.59 Å². The Morgan fingerprint density at radius 2 is 2.00 bits per heavy atom. The Kier molecular flexibility index (Phi) is 5.09. The van der Waals surface area contributed by atoms with Crippen LogP contribution in [0.2, 0.25) is 0 Å². The Hall–Kier alpha value is -2.45. The van der Waals surface area contributed by atoms with E-state index in [1.165, 1.54) is 24.2 Å². The number of hydrogen-bond donors (Lipinski definition) is 1. The molecule has 2 heterocycles. The van der Waals surface area contributed by atoms with E-state index in [1.807, 2.05) is 18.2 Å². The summed E-state index contributed by atoms with van der Waals surface area (Å²) in [5.41, 5.74) is 2.98. The second kappa shape index (κ2) is 7.66. The second-order valence-electron chi connectivity index (χ2n) is 5.94. The number of carbonyl (C=O) groups is 2. The summed E-state index contributed by atoms with van der Waals surface area (Å²) in [5, 5.41) is 2.80. The molecule has 0 spiro atoms. The maximum absolute atomic E-state index is 12.4. The lowest BCUT2D eigenvalue weighted by molar-refractivity contribution is -0.113. The van der Waals surface area contributed by atoms with Crippen molar-refractivity contribution >= 4 is 51.0 Å². The van der Waals surface area contributed by atoms with E-state index in [0.29, 0.717) is 22.7 Å². The van der Waals surface area contributed by atoms with Crippen molar-refractivity contribution in [3.05, 3.63) is 47.5 Å². The predicted molar refractivity (Wildman–Crippen MR) is 108 cm³/mol. The van der Waals surface area contributed by atoms with Crippen molar-refractivity contribution in [1.29, 1.82) is 0 Å². The van der Waals surface area contributed by atoms with E-state index in [0.717, 1.165) is 15.8 Å². The third-order valence-electron chi connectivity index (χ3n) is 4.05. The largest absolute Gasteiger partial charge is 0.454 e. The number of rotatable bonds is 4. The van der Waals surface area contributed by atoms with Gasteiger partial charge in [0.2, 0.25) is 12.7 Å². The minimum absolute atomic E-state index is 0.110. The molecule has 8 heteroatoms. The van der Waals surface area contributed by atoms with Crippen LogP contribution in [0.25, 0.3) is 0 Å². The van der Waals surface area contributed by atoms with Crippen LogP contribution in [0.5, 0.6) is 11.5 Å². The highest BCUT2D eigenvalue weighted by molar-refractivity contribution is 8.38. The third-order valence-corrected chi connectivity index (χ3v) is 6.29. The summed E-state index contributed by atoms with van der Waals surface area (Å²) in [6.45, 7) is 1.56. The first kappa shape index (κ1) is 17.9. The predicted octanol–water partition coefficient (Wildman–Crippen LogP) is 4.22. The number of Topliss-reactive ketones (excluding diaryl/α,β-unsaturated/α-hetero) is 1. The first-order chi connectivity index (χ1) is 13.1. The molecule has 2 aromatic carbocycles. The standard InChI is InChI=1S/C19H16N2O4S2/c1-11(22)13-6-16-17(25-10-24-16)7-15(13)20-18(23)9-27-19-21-14-5-3-2-4-12(14)8-26-19/h2-7H,8-10H2,1H3,(H,20,23). The zero-order valence-corrected chi connectivity index (χ0v) is 16.1. The Balaban J connectivity index is 1.43. The molecule has 0 aliphatic carbocycles. The summed E-state index contributed by atoms with van der Waals surface area (Å²) < 4.78 is 11.5. The lowest BCUT2D eigenvalue weighted by atomic mass is 10.1. The van der Waals surface area contributed by atoms with Gasteiger partial charge in [-0.15, -0.1) is 0 Å². The molecule has 0 bridgehead atoms. The van der Waals surface area contributed by atoms with Crippen molar-refractivity contribution in [1.82, 2.24) is 0 Å². The number of amides is 1. The number of para-hydroxylation sites is 1. The van der Waals surface area contributed by atoms with Gasteiger partial charge in [0, 0.05) is 17.4 Å². The number of ketones is 1. The van der Waals surface area contributed by atoms with E-state index in [4.69, 9.17) is 9.47 Å². The Bertz CT molecular complexity index is 959. The first-order valence-electron chi connectivity index (χ1n) is 8.27. The summed E-state index contributed by atoms with van der Waals surface area (Å²) >= 11 is 3.01. The van der Waals surface area contributed by atoms with Crippen molar-refractivity contribution < 1.29 is 19.1 Å². The smallest absolute Gasteiger partial charge is 0.234 e. The Labute approximate surface area is 164 Å². The maximum Gasteiger partial charge on any atom is 0.234 e. The van der Waals surface area contributed by atoms with Crippen molar-refractivity contribution in [2.75, 3.05) is 17.9 Å². The summed E-state index contributed by atoms with van der Waals surface area (Å²) in [7, 11) is 0. The average molecular weight is 400 g/mol. The first-order valence-corrected chi connectivity index (χ1v) is 10.2. The maximum atomic E-state index is 12.4. The van der Waals surface area contributed by atoms with Crippen LogP contribution < -0.4 is 14.8 Å². The molecule has 1 amide bonds. The van der Waals surface area contributed by atoms with Crippen LogP contribution in [-0.4, -0.2) is 28.6 Å². The number of thioether (sulfide) groups is 2. The molecule has 2 aliphatic rings. The van der Waals surface area contributed by atoms with Gasteiger partial charge >= 0.3 is 0 Å². The number of hydrogen-bond acceptors (Lipinski definition) is 7. The molecule has 0 saturated carbocycles.